The molecular weight excluding hydrogens is 354 g/mol. The van der Waals surface area contributed by atoms with E-state index in [4.69, 9.17) is 9.15 Å². The number of esters is 1. The molecular formula is C19H15NO5S. The molecule has 0 aliphatic carbocycles. The molecule has 2 aromatic heterocycles. The normalized spacial score (nSPS) is 10.3. The Labute approximate surface area is 153 Å². The monoisotopic (exact) mass is 369 g/mol. The molecule has 26 heavy (non-hydrogen) atoms. The highest BCUT2D eigenvalue weighted by Gasteiger charge is 2.15. The van der Waals surface area contributed by atoms with Crippen molar-refractivity contribution in [2.24, 2.45) is 0 Å². The number of amides is 1. The van der Waals surface area contributed by atoms with Crippen molar-refractivity contribution >= 4 is 34.7 Å². The third kappa shape index (κ3) is 4.07. The Balaban J connectivity index is 1.67. The number of hydrogen-bond acceptors (Lipinski definition) is 6. The van der Waals surface area contributed by atoms with Crippen LogP contribution in [-0.2, 0) is 4.74 Å². The van der Waals surface area contributed by atoms with Gasteiger partial charge in [-0.1, -0.05) is 12.1 Å². The van der Waals surface area contributed by atoms with E-state index < -0.39 is 11.9 Å². The number of benzene rings is 1. The summed E-state index contributed by atoms with van der Waals surface area (Å²) in [5, 5.41) is 4.47. The van der Waals surface area contributed by atoms with Crippen LogP contribution in [0.3, 0.4) is 0 Å². The Morgan fingerprint density at radius 2 is 2.00 bits per heavy atom. The second kappa shape index (κ2) is 7.79. The maximum Gasteiger partial charge on any atom is 0.338 e. The van der Waals surface area contributed by atoms with Gasteiger partial charge in [0.05, 0.1) is 16.7 Å². The van der Waals surface area contributed by atoms with Crippen LogP contribution in [0.5, 0.6) is 0 Å². The number of nitrogens with one attached hydrogen (secondary N) is 1. The first kappa shape index (κ1) is 17.6. The van der Waals surface area contributed by atoms with Gasteiger partial charge in [0, 0.05) is 5.69 Å². The fourth-order valence-corrected chi connectivity index (χ4v) is 2.85. The molecule has 3 rings (SSSR count). The van der Waals surface area contributed by atoms with Crippen LogP contribution in [0.4, 0.5) is 5.69 Å². The molecule has 6 nitrogen and oxygen atoms in total. The van der Waals surface area contributed by atoms with Crippen molar-refractivity contribution in [1.29, 1.82) is 0 Å². The minimum Gasteiger partial charge on any atom is -0.459 e. The van der Waals surface area contributed by atoms with Crippen molar-refractivity contribution in [1.82, 2.24) is 0 Å². The van der Waals surface area contributed by atoms with Gasteiger partial charge in [-0.15, -0.1) is 11.3 Å². The molecule has 1 amide bonds. The average molecular weight is 369 g/mol. The predicted octanol–water partition coefficient (Wildman–Crippen LogP) is 3.94. The first-order chi connectivity index (χ1) is 12.5. The quantitative estimate of drug-likeness (QED) is 0.525. The smallest absolute Gasteiger partial charge is 0.338 e. The molecule has 3 aromatic rings. The van der Waals surface area contributed by atoms with Crippen molar-refractivity contribution < 1.29 is 23.5 Å². The molecule has 7 heteroatoms. The number of Topliss-reactive ketones (excluding diaryl/α,β-unsaturated/α-hetero) is 1. The lowest BCUT2D eigenvalue weighted by molar-refractivity contribution is 0.0476. The first-order valence-corrected chi connectivity index (χ1v) is 8.62. The molecule has 132 valence electrons. The second-order valence-corrected chi connectivity index (χ2v) is 6.39. The second-order valence-electron chi connectivity index (χ2n) is 5.44. The highest BCUT2D eigenvalue weighted by molar-refractivity contribution is 7.12. The summed E-state index contributed by atoms with van der Waals surface area (Å²) in [6.45, 7) is 1.47. The zero-order valence-electron chi connectivity index (χ0n) is 13.9. The number of anilines is 1. The van der Waals surface area contributed by atoms with Crippen molar-refractivity contribution in [3.05, 3.63) is 75.9 Å². The van der Waals surface area contributed by atoms with Crippen LogP contribution < -0.4 is 5.32 Å². The average Bonchev–Trinajstić information content (AvgIpc) is 3.34. The van der Waals surface area contributed by atoms with Crippen LogP contribution in [-0.4, -0.2) is 24.3 Å². The van der Waals surface area contributed by atoms with Crippen LogP contribution in [0, 0.1) is 6.92 Å². The number of hydrogen-bond donors (Lipinski definition) is 1. The fraction of sp³-hybridized carbons (Fsp3) is 0.105. The number of rotatable bonds is 6. The van der Waals surface area contributed by atoms with Crippen molar-refractivity contribution in [3.8, 4) is 0 Å². The van der Waals surface area contributed by atoms with Gasteiger partial charge in [-0.3, -0.25) is 9.59 Å². The molecule has 0 aliphatic rings. The Kier molecular flexibility index (Phi) is 5.28. The zero-order chi connectivity index (χ0) is 18.5. The van der Waals surface area contributed by atoms with E-state index in [9.17, 15) is 14.4 Å². The predicted molar refractivity (Wildman–Crippen MR) is 96.8 cm³/mol. The molecule has 0 atom stereocenters. The molecule has 1 aromatic carbocycles. The van der Waals surface area contributed by atoms with Crippen LogP contribution >= 0.6 is 11.3 Å². The minimum atomic E-state index is -0.636. The van der Waals surface area contributed by atoms with E-state index in [0.717, 1.165) is 5.56 Å². The van der Waals surface area contributed by atoms with E-state index in [1.807, 2.05) is 0 Å². The summed E-state index contributed by atoms with van der Waals surface area (Å²) in [6.07, 6.45) is 1.40. The number of aryl methyl sites for hydroxylation is 1. The lowest BCUT2D eigenvalue weighted by Gasteiger charge is -2.10. The molecule has 1 N–H and O–H groups in total. The first-order valence-electron chi connectivity index (χ1n) is 7.74. The summed E-state index contributed by atoms with van der Waals surface area (Å²) < 4.78 is 10.1. The fourth-order valence-electron chi connectivity index (χ4n) is 2.20. The molecule has 0 radical (unpaired) electrons. The largest absolute Gasteiger partial charge is 0.459 e. The van der Waals surface area contributed by atoms with Crippen LogP contribution in [0.25, 0.3) is 0 Å². The van der Waals surface area contributed by atoms with Crippen molar-refractivity contribution in [2.45, 2.75) is 6.92 Å². The summed E-state index contributed by atoms with van der Waals surface area (Å²) in [6, 6.07) is 11.4. The van der Waals surface area contributed by atoms with Gasteiger partial charge in [0.15, 0.2) is 12.4 Å². The summed E-state index contributed by atoms with van der Waals surface area (Å²) in [7, 11) is 0. The zero-order valence-corrected chi connectivity index (χ0v) is 14.7. The summed E-state index contributed by atoms with van der Waals surface area (Å²) in [5.41, 5.74) is 1.48. The number of carbonyl (C=O) groups excluding carboxylic acids is 3. The van der Waals surface area contributed by atoms with Gasteiger partial charge in [0.2, 0.25) is 5.78 Å². The van der Waals surface area contributed by atoms with Crippen molar-refractivity contribution in [3.63, 3.8) is 0 Å². The van der Waals surface area contributed by atoms with Gasteiger partial charge in [-0.25, -0.2) is 4.79 Å². The standard InChI is InChI=1S/C19H15NO5S/c1-12-6-7-13(10-14(12)20-18(22)16-4-2-8-24-16)19(23)25-11-15(21)17-5-3-9-26-17/h2-10H,11H2,1H3,(H,20,22). The third-order valence-electron chi connectivity index (χ3n) is 3.60. The molecule has 0 spiro atoms. The Morgan fingerprint density at radius 1 is 1.15 bits per heavy atom. The summed E-state index contributed by atoms with van der Waals surface area (Å²) in [5.74, 6) is -1.15. The topological polar surface area (TPSA) is 85.6 Å². The lowest BCUT2D eigenvalue weighted by atomic mass is 10.1. The highest BCUT2D eigenvalue weighted by Crippen LogP contribution is 2.19. The molecule has 0 saturated carbocycles. The van der Waals surface area contributed by atoms with Crippen molar-refractivity contribution in [2.75, 3.05) is 11.9 Å². The minimum absolute atomic E-state index is 0.166. The molecule has 2 heterocycles. The van der Waals surface area contributed by atoms with E-state index in [1.54, 1.807) is 48.7 Å². The molecule has 0 fully saturated rings. The van der Waals surface area contributed by atoms with E-state index in [0.29, 0.717) is 10.6 Å². The van der Waals surface area contributed by atoms with Gasteiger partial charge >= 0.3 is 5.97 Å². The number of furan rings is 1. The molecule has 0 saturated heterocycles. The molecule has 0 aliphatic heterocycles. The maximum absolute atomic E-state index is 12.2. The summed E-state index contributed by atoms with van der Waals surface area (Å²) in [4.78, 5) is 36.7. The van der Waals surface area contributed by atoms with Gasteiger partial charge in [-0.2, -0.15) is 0 Å². The van der Waals surface area contributed by atoms with E-state index in [1.165, 1.54) is 23.7 Å². The Morgan fingerprint density at radius 3 is 2.69 bits per heavy atom. The third-order valence-corrected chi connectivity index (χ3v) is 4.51. The molecule has 0 bridgehead atoms. The molecule has 0 unspecified atom stereocenters. The van der Waals surface area contributed by atoms with E-state index in [2.05, 4.69) is 5.32 Å². The van der Waals surface area contributed by atoms with Gasteiger partial charge in [0.25, 0.3) is 5.91 Å². The lowest BCUT2D eigenvalue weighted by Crippen LogP contribution is -2.15. The van der Waals surface area contributed by atoms with E-state index in [-0.39, 0.29) is 23.7 Å². The van der Waals surface area contributed by atoms with Gasteiger partial charge in [0.1, 0.15) is 0 Å². The van der Waals surface area contributed by atoms with Crippen LogP contribution in [0.15, 0.2) is 58.5 Å². The van der Waals surface area contributed by atoms with Crippen LogP contribution in [0.2, 0.25) is 0 Å². The van der Waals surface area contributed by atoms with E-state index >= 15 is 0 Å². The number of carbonyl (C=O) groups is 3. The number of thiophene rings is 1. The maximum atomic E-state index is 12.2. The highest BCUT2D eigenvalue weighted by atomic mass is 32.1. The van der Waals surface area contributed by atoms with Gasteiger partial charge in [-0.05, 0) is 48.2 Å². The Hall–Kier alpha value is -3.19. The van der Waals surface area contributed by atoms with Crippen LogP contribution in [0.1, 0.15) is 36.1 Å². The Bertz CT molecular complexity index is 929. The van der Waals surface area contributed by atoms with Gasteiger partial charge < -0.3 is 14.5 Å². The SMILES string of the molecule is Cc1ccc(C(=O)OCC(=O)c2cccs2)cc1NC(=O)c1ccco1. The number of ketones is 1. The summed E-state index contributed by atoms with van der Waals surface area (Å²) >= 11 is 1.29. The number of ether oxygens (including phenoxy) is 1.